The Hall–Kier alpha value is -2.11. The molecule has 1 aromatic carbocycles. The summed E-state index contributed by atoms with van der Waals surface area (Å²) < 4.78 is 0. The zero-order chi connectivity index (χ0) is 18.0. The topological polar surface area (TPSA) is 71.1 Å². The van der Waals surface area contributed by atoms with E-state index < -0.39 is 11.9 Å². The number of pyridine rings is 1. The van der Waals surface area contributed by atoms with Crippen LogP contribution in [0.3, 0.4) is 0 Å². The van der Waals surface area contributed by atoms with E-state index in [9.17, 15) is 9.59 Å². The van der Waals surface area contributed by atoms with Crippen LogP contribution in [0.1, 0.15) is 32.7 Å². The number of anilines is 1. The van der Waals surface area contributed by atoms with Crippen LogP contribution in [0, 0.1) is 27.7 Å². The van der Waals surface area contributed by atoms with Gasteiger partial charge in [-0.3, -0.25) is 10.1 Å². The number of halogens is 2. The monoisotopic (exact) mass is 365 g/mol. The van der Waals surface area contributed by atoms with Gasteiger partial charge in [0.1, 0.15) is 5.15 Å². The SMILES string of the molecule is Cc1ccc(NC(=O)NC(=O)c2c(Cl)nc(C)c(Cl)c2C)c(C)c1. The van der Waals surface area contributed by atoms with Crippen LogP contribution in [0.5, 0.6) is 0 Å². The fourth-order valence-corrected chi connectivity index (χ4v) is 2.82. The predicted octanol–water partition coefficient (Wildman–Crippen LogP) is 4.58. The molecule has 126 valence electrons. The first-order chi connectivity index (χ1) is 11.2. The van der Waals surface area contributed by atoms with Crippen molar-refractivity contribution in [1.29, 1.82) is 0 Å². The Balaban J connectivity index is 2.18. The minimum Gasteiger partial charge on any atom is -0.307 e. The fraction of sp³-hybridized carbons (Fsp3) is 0.235. The lowest BCUT2D eigenvalue weighted by Crippen LogP contribution is -2.35. The van der Waals surface area contributed by atoms with Crippen LogP contribution < -0.4 is 10.6 Å². The van der Waals surface area contributed by atoms with Gasteiger partial charge in [-0.25, -0.2) is 9.78 Å². The Labute approximate surface area is 150 Å². The zero-order valence-corrected chi connectivity index (χ0v) is 15.3. The summed E-state index contributed by atoms with van der Waals surface area (Å²) in [7, 11) is 0. The molecule has 0 spiro atoms. The maximum Gasteiger partial charge on any atom is 0.326 e. The summed E-state index contributed by atoms with van der Waals surface area (Å²) in [5.74, 6) is -0.658. The molecule has 0 atom stereocenters. The molecular weight excluding hydrogens is 349 g/mol. The van der Waals surface area contributed by atoms with Gasteiger partial charge >= 0.3 is 6.03 Å². The summed E-state index contributed by atoms with van der Waals surface area (Å²) >= 11 is 12.1. The molecule has 5 nitrogen and oxygen atoms in total. The maximum absolute atomic E-state index is 12.3. The maximum atomic E-state index is 12.3. The first-order valence-corrected chi connectivity index (χ1v) is 7.98. The Morgan fingerprint density at radius 1 is 1.08 bits per heavy atom. The fourth-order valence-electron chi connectivity index (χ4n) is 2.33. The van der Waals surface area contributed by atoms with Gasteiger partial charge in [-0.1, -0.05) is 40.9 Å². The van der Waals surface area contributed by atoms with Crippen molar-refractivity contribution in [2.24, 2.45) is 0 Å². The van der Waals surface area contributed by atoms with Crippen molar-refractivity contribution >= 4 is 40.8 Å². The third-order valence-corrected chi connectivity index (χ3v) is 4.41. The first kappa shape index (κ1) is 18.2. The average molecular weight is 366 g/mol. The van der Waals surface area contributed by atoms with Crippen LogP contribution in [0.15, 0.2) is 18.2 Å². The number of carbonyl (C=O) groups is 2. The molecule has 0 saturated heterocycles. The number of hydrogen-bond donors (Lipinski definition) is 2. The number of rotatable bonds is 2. The van der Waals surface area contributed by atoms with E-state index in [0.29, 0.717) is 22.0 Å². The Morgan fingerprint density at radius 2 is 1.75 bits per heavy atom. The second kappa shape index (κ2) is 7.20. The van der Waals surface area contributed by atoms with E-state index in [0.717, 1.165) is 11.1 Å². The van der Waals surface area contributed by atoms with Crippen molar-refractivity contribution < 1.29 is 9.59 Å². The van der Waals surface area contributed by atoms with E-state index in [4.69, 9.17) is 23.2 Å². The molecule has 0 fully saturated rings. The zero-order valence-electron chi connectivity index (χ0n) is 13.8. The number of aryl methyl sites for hydroxylation is 3. The Kier molecular flexibility index (Phi) is 5.47. The van der Waals surface area contributed by atoms with Crippen LogP contribution in [-0.2, 0) is 0 Å². The lowest BCUT2D eigenvalue weighted by Gasteiger charge is -2.13. The van der Waals surface area contributed by atoms with Crippen molar-refractivity contribution in [3.8, 4) is 0 Å². The minimum atomic E-state index is -0.658. The molecule has 2 N–H and O–H groups in total. The second-order valence-corrected chi connectivity index (χ2v) is 6.26. The molecule has 0 aliphatic carbocycles. The van der Waals surface area contributed by atoms with Crippen LogP contribution in [0.4, 0.5) is 10.5 Å². The van der Waals surface area contributed by atoms with Gasteiger partial charge in [0.15, 0.2) is 0 Å². The molecule has 0 radical (unpaired) electrons. The van der Waals surface area contributed by atoms with Gasteiger partial charge in [-0.05, 0) is 44.9 Å². The first-order valence-electron chi connectivity index (χ1n) is 7.22. The number of benzene rings is 1. The van der Waals surface area contributed by atoms with Crippen molar-refractivity contribution in [2.75, 3.05) is 5.32 Å². The predicted molar refractivity (Wildman–Crippen MR) is 96.1 cm³/mol. The molecule has 0 bridgehead atoms. The number of nitrogens with one attached hydrogen (secondary N) is 2. The van der Waals surface area contributed by atoms with Gasteiger partial charge in [-0.15, -0.1) is 0 Å². The number of nitrogens with zero attached hydrogens (tertiary/aromatic N) is 1. The van der Waals surface area contributed by atoms with E-state index in [-0.39, 0.29) is 10.7 Å². The molecule has 24 heavy (non-hydrogen) atoms. The van der Waals surface area contributed by atoms with Crippen LogP contribution in [0.2, 0.25) is 10.2 Å². The van der Waals surface area contributed by atoms with E-state index in [1.807, 2.05) is 26.0 Å². The molecule has 0 unspecified atom stereocenters. The molecular formula is C17H17Cl2N3O2. The highest BCUT2D eigenvalue weighted by Crippen LogP contribution is 2.27. The summed E-state index contributed by atoms with van der Waals surface area (Å²) in [6.07, 6.45) is 0. The molecule has 0 saturated carbocycles. The standard InChI is InChI=1S/C17H17Cl2N3O2/c1-8-5-6-12(9(2)7-8)21-17(24)22-16(23)13-10(3)14(18)11(4)20-15(13)19/h5-7H,1-4H3,(H2,21,22,23,24). The smallest absolute Gasteiger partial charge is 0.307 e. The summed E-state index contributed by atoms with van der Waals surface area (Å²) in [5, 5.41) is 5.23. The summed E-state index contributed by atoms with van der Waals surface area (Å²) in [6, 6.07) is 4.92. The highest BCUT2D eigenvalue weighted by Gasteiger charge is 2.20. The number of hydrogen-bond acceptors (Lipinski definition) is 3. The van der Waals surface area contributed by atoms with E-state index in [1.165, 1.54) is 0 Å². The number of amides is 3. The van der Waals surface area contributed by atoms with Gasteiger partial charge in [0, 0.05) is 5.69 Å². The molecule has 0 aliphatic heterocycles. The summed E-state index contributed by atoms with van der Waals surface area (Å²) in [5.41, 5.74) is 3.68. The van der Waals surface area contributed by atoms with Gasteiger partial charge in [-0.2, -0.15) is 0 Å². The normalized spacial score (nSPS) is 10.4. The van der Waals surface area contributed by atoms with Gasteiger partial charge in [0.05, 0.1) is 16.3 Å². The van der Waals surface area contributed by atoms with Crippen LogP contribution in [-0.4, -0.2) is 16.9 Å². The van der Waals surface area contributed by atoms with E-state index >= 15 is 0 Å². The molecule has 1 heterocycles. The molecule has 2 aromatic rings. The van der Waals surface area contributed by atoms with Crippen molar-refractivity contribution in [2.45, 2.75) is 27.7 Å². The van der Waals surface area contributed by atoms with Crippen LogP contribution >= 0.6 is 23.2 Å². The second-order valence-electron chi connectivity index (χ2n) is 5.53. The quantitative estimate of drug-likeness (QED) is 0.764. The van der Waals surface area contributed by atoms with Crippen LogP contribution in [0.25, 0.3) is 0 Å². The van der Waals surface area contributed by atoms with Gasteiger partial charge < -0.3 is 5.32 Å². The molecule has 1 aromatic heterocycles. The Bertz CT molecular complexity index is 835. The summed E-state index contributed by atoms with van der Waals surface area (Å²) in [6.45, 7) is 7.17. The summed E-state index contributed by atoms with van der Waals surface area (Å²) in [4.78, 5) is 28.4. The van der Waals surface area contributed by atoms with Gasteiger partial charge in [0.25, 0.3) is 5.91 Å². The molecule has 0 aliphatic rings. The molecule has 7 heteroatoms. The largest absolute Gasteiger partial charge is 0.326 e. The van der Waals surface area contributed by atoms with Gasteiger partial charge in [0.2, 0.25) is 0 Å². The van der Waals surface area contributed by atoms with Crippen molar-refractivity contribution in [3.05, 3.63) is 56.3 Å². The molecule has 3 amide bonds. The van der Waals surface area contributed by atoms with Crippen molar-refractivity contribution in [3.63, 3.8) is 0 Å². The van der Waals surface area contributed by atoms with E-state index in [1.54, 1.807) is 19.9 Å². The highest BCUT2D eigenvalue weighted by molar-refractivity contribution is 6.36. The third kappa shape index (κ3) is 3.86. The number of urea groups is 1. The third-order valence-electron chi connectivity index (χ3n) is 3.58. The number of imide groups is 1. The number of carbonyl (C=O) groups excluding carboxylic acids is 2. The number of aromatic nitrogens is 1. The molecule has 2 rings (SSSR count). The minimum absolute atomic E-state index is 0.00576. The highest BCUT2D eigenvalue weighted by atomic mass is 35.5. The van der Waals surface area contributed by atoms with Crippen molar-refractivity contribution in [1.82, 2.24) is 10.3 Å². The Morgan fingerprint density at radius 3 is 2.38 bits per heavy atom. The lowest BCUT2D eigenvalue weighted by molar-refractivity contribution is 0.0966. The average Bonchev–Trinajstić information content (AvgIpc) is 2.47. The lowest BCUT2D eigenvalue weighted by atomic mass is 10.1. The van der Waals surface area contributed by atoms with E-state index in [2.05, 4.69) is 15.6 Å².